The number of hydrogen-bond acceptors (Lipinski definition) is 4. The fourth-order valence-electron chi connectivity index (χ4n) is 2.69. The van der Waals surface area contributed by atoms with Gasteiger partial charge in [0.05, 0.1) is 12.6 Å². The van der Waals surface area contributed by atoms with Crippen molar-refractivity contribution < 1.29 is 18.7 Å². The van der Waals surface area contributed by atoms with Gasteiger partial charge in [-0.1, -0.05) is 57.2 Å². The van der Waals surface area contributed by atoms with E-state index < -0.39 is 26.1 Å². The number of hydrogen-bond donors (Lipinski definition) is 0. The van der Waals surface area contributed by atoms with E-state index >= 15 is 0 Å². The van der Waals surface area contributed by atoms with E-state index in [1.54, 1.807) is 18.1 Å². The Bertz CT molecular complexity index is 677. The molecule has 0 fully saturated rings. The summed E-state index contributed by atoms with van der Waals surface area (Å²) < 4.78 is 17.9. The minimum atomic E-state index is -1.97. The average Bonchev–Trinajstić information content (AvgIpc) is 2.62. The van der Waals surface area contributed by atoms with Gasteiger partial charge in [0.1, 0.15) is 11.7 Å². The Morgan fingerprint density at radius 2 is 1.70 bits per heavy atom. The minimum Gasteiger partial charge on any atom is -0.444 e. The van der Waals surface area contributed by atoms with Crippen molar-refractivity contribution in [3.8, 4) is 0 Å². The summed E-state index contributed by atoms with van der Waals surface area (Å²) in [4.78, 5) is 14.8. The molecule has 0 heterocycles. The predicted octanol–water partition coefficient (Wildman–Crippen LogP) is 6.02. The third-order valence-electron chi connectivity index (χ3n) is 5.52. The molecule has 0 bridgehead atoms. The predicted molar refractivity (Wildman–Crippen MR) is 126 cm³/mol. The maximum absolute atomic E-state index is 13.1. The lowest BCUT2D eigenvalue weighted by Gasteiger charge is -2.40. The average molecular weight is 436 g/mol. The molecule has 6 heteroatoms. The van der Waals surface area contributed by atoms with E-state index in [0.29, 0.717) is 13.2 Å². The number of carbonyl (C=O) groups excluding carboxylic acids is 1. The van der Waals surface area contributed by atoms with Gasteiger partial charge < -0.3 is 13.9 Å². The molecular weight excluding hydrogens is 394 g/mol. The molecule has 1 aromatic rings. The normalized spacial score (nSPS) is 14.7. The van der Waals surface area contributed by atoms with Gasteiger partial charge in [-0.05, 0) is 44.5 Å². The van der Waals surface area contributed by atoms with Gasteiger partial charge in [0.2, 0.25) is 0 Å². The molecule has 1 amide bonds. The summed E-state index contributed by atoms with van der Waals surface area (Å²) in [7, 11) is -0.321. The summed E-state index contributed by atoms with van der Waals surface area (Å²) in [6.45, 7) is 21.4. The van der Waals surface area contributed by atoms with Crippen molar-refractivity contribution in [2.75, 3.05) is 13.7 Å². The van der Waals surface area contributed by atoms with Crippen LogP contribution in [-0.2, 0) is 20.4 Å². The van der Waals surface area contributed by atoms with Crippen molar-refractivity contribution in [3.05, 3.63) is 48.6 Å². The minimum absolute atomic E-state index is 0.0872. The van der Waals surface area contributed by atoms with E-state index in [0.717, 1.165) is 5.56 Å². The summed E-state index contributed by atoms with van der Waals surface area (Å²) in [5, 5.41) is 0.0872. The molecule has 1 rings (SSSR count). The Labute approximate surface area is 184 Å². The molecule has 0 N–H and O–H groups in total. The SMILES string of the molecule is C=C[C@@H]([C@@H](CO[Si](C)(C)C(C)(C)C)OC)N(Cc1ccccc1)C(=O)OC(C)(C)C. The van der Waals surface area contributed by atoms with E-state index in [9.17, 15) is 4.79 Å². The van der Waals surface area contributed by atoms with Gasteiger partial charge in [-0.25, -0.2) is 4.79 Å². The number of methoxy groups -OCH3 is 1. The largest absolute Gasteiger partial charge is 0.444 e. The molecule has 1 aromatic carbocycles. The number of ether oxygens (including phenoxy) is 2. The summed E-state index contributed by atoms with van der Waals surface area (Å²) >= 11 is 0. The zero-order chi connectivity index (χ0) is 23.2. The quantitative estimate of drug-likeness (QED) is 0.352. The molecule has 2 atom stereocenters. The van der Waals surface area contributed by atoms with Gasteiger partial charge >= 0.3 is 6.09 Å². The Morgan fingerprint density at radius 1 is 1.13 bits per heavy atom. The van der Waals surface area contributed by atoms with E-state index in [2.05, 4.69) is 40.4 Å². The Kier molecular flexibility index (Phi) is 9.33. The lowest BCUT2D eigenvalue weighted by atomic mass is 10.1. The van der Waals surface area contributed by atoms with Crippen LogP contribution in [0.4, 0.5) is 4.79 Å². The zero-order valence-corrected chi connectivity index (χ0v) is 21.3. The fourth-order valence-corrected chi connectivity index (χ4v) is 3.70. The van der Waals surface area contributed by atoms with Crippen LogP contribution in [0.5, 0.6) is 0 Å². The number of rotatable bonds is 9. The van der Waals surface area contributed by atoms with Gasteiger partial charge in [0.15, 0.2) is 8.32 Å². The van der Waals surface area contributed by atoms with Crippen LogP contribution < -0.4 is 0 Å². The molecule has 0 spiro atoms. The number of benzene rings is 1. The van der Waals surface area contributed by atoms with Crippen LogP contribution in [-0.4, -0.2) is 50.8 Å². The summed E-state index contributed by atoms with van der Waals surface area (Å²) in [6, 6.07) is 9.46. The second-order valence-electron chi connectivity index (χ2n) is 10.2. The molecule has 0 saturated heterocycles. The van der Waals surface area contributed by atoms with Crippen LogP contribution in [0.3, 0.4) is 0 Å². The lowest BCUT2D eigenvalue weighted by Crippen LogP contribution is -2.51. The van der Waals surface area contributed by atoms with Crippen LogP contribution in [0.2, 0.25) is 18.1 Å². The topological polar surface area (TPSA) is 48.0 Å². The highest BCUT2D eigenvalue weighted by atomic mass is 28.4. The van der Waals surface area contributed by atoms with Gasteiger partial charge in [-0.15, -0.1) is 6.58 Å². The molecular formula is C24H41NO4Si. The molecule has 0 unspecified atom stereocenters. The van der Waals surface area contributed by atoms with Crippen molar-refractivity contribution in [2.24, 2.45) is 0 Å². The third-order valence-corrected chi connectivity index (χ3v) is 10.0. The van der Waals surface area contributed by atoms with Gasteiger partial charge in [0.25, 0.3) is 0 Å². The van der Waals surface area contributed by atoms with Crippen molar-refractivity contribution >= 4 is 14.4 Å². The number of nitrogens with zero attached hydrogens (tertiary/aromatic N) is 1. The molecule has 0 aromatic heterocycles. The first-order valence-corrected chi connectivity index (χ1v) is 13.5. The van der Waals surface area contributed by atoms with Crippen molar-refractivity contribution in [1.29, 1.82) is 0 Å². The second kappa shape index (κ2) is 10.6. The number of carbonyl (C=O) groups is 1. The van der Waals surface area contributed by atoms with E-state index in [4.69, 9.17) is 13.9 Å². The maximum Gasteiger partial charge on any atom is 0.411 e. The third kappa shape index (κ3) is 7.89. The highest BCUT2D eigenvalue weighted by Crippen LogP contribution is 2.36. The molecule has 170 valence electrons. The van der Waals surface area contributed by atoms with E-state index in [1.807, 2.05) is 51.1 Å². The van der Waals surface area contributed by atoms with Gasteiger partial charge in [-0.3, -0.25) is 4.90 Å². The Balaban J connectivity index is 3.15. The van der Waals surface area contributed by atoms with Crippen LogP contribution in [0.1, 0.15) is 47.1 Å². The smallest absolute Gasteiger partial charge is 0.411 e. The van der Waals surface area contributed by atoms with Crippen molar-refractivity contribution in [2.45, 2.75) is 84.0 Å². The second-order valence-corrected chi connectivity index (χ2v) is 15.0. The highest BCUT2D eigenvalue weighted by molar-refractivity contribution is 6.74. The van der Waals surface area contributed by atoms with Crippen molar-refractivity contribution in [1.82, 2.24) is 4.90 Å². The monoisotopic (exact) mass is 435 g/mol. The summed E-state index contributed by atoms with van der Waals surface area (Å²) in [5.41, 5.74) is 0.410. The van der Waals surface area contributed by atoms with Crippen LogP contribution in [0, 0.1) is 0 Å². The maximum atomic E-state index is 13.1. The Hall–Kier alpha value is -1.63. The standard InChI is InChI=1S/C24H41NO4Si/c1-11-20(21(27-8)18-28-30(9,10)24(5,6)7)25(22(26)29-23(2,3)4)17-19-15-13-12-14-16-19/h11-16,20-21H,1,17-18H2,2-10H3/t20-,21+/m0/s1. The first-order chi connectivity index (χ1) is 13.7. The summed E-state index contributed by atoms with van der Waals surface area (Å²) in [5.74, 6) is 0. The first-order valence-electron chi connectivity index (χ1n) is 10.5. The zero-order valence-electron chi connectivity index (χ0n) is 20.3. The van der Waals surface area contributed by atoms with E-state index in [1.165, 1.54) is 0 Å². The highest BCUT2D eigenvalue weighted by Gasteiger charge is 2.39. The molecule has 30 heavy (non-hydrogen) atoms. The van der Waals surface area contributed by atoms with Crippen LogP contribution in [0.15, 0.2) is 43.0 Å². The van der Waals surface area contributed by atoms with Gasteiger partial charge in [0, 0.05) is 13.7 Å². The Morgan fingerprint density at radius 3 is 2.13 bits per heavy atom. The lowest BCUT2D eigenvalue weighted by molar-refractivity contribution is -0.0224. The molecule has 0 radical (unpaired) electrons. The molecule has 0 aliphatic heterocycles. The molecule has 0 saturated carbocycles. The first kappa shape index (κ1) is 26.4. The fraction of sp³-hybridized carbons (Fsp3) is 0.625. The molecule has 5 nitrogen and oxygen atoms in total. The summed E-state index contributed by atoms with van der Waals surface area (Å²) in [6.07, 6.45) is 0.995. The molecule has 0 aliphatic rings. The van der Waals surface area contributed by atoms with Crippen molar-refractivity contribution in [3.63, 3.8) is 0 Å². The van der Waals surface area contributed by atoms with Gasteiger partial charge in [-0.2, -0.15) is 0 Å². The molecule has 0 aliphatic carbocycles. The van der Waals surface area contributed by atoms with Crippen LogP contribution >= 0.6 is 0 Å². The van der Waals surface area contributed by atoms with E-state index in [-0.39, 0.29) is 11.1 Å². The number of amides is 1. The van der Waals surface area contributed by atoms with Crippen LogP contribution in [0.25, 0.3) is 0 Å².